The fraction of sp³-hybridized carbons (Fsp3) is 0.600. The largest absolute Gasteiger partial charge is 0.377 e. The van der Waals surface area contributed by atoms with Gasteiger partial charge in [-0.25, -0.2) is 0 Å². The number of hydrogen-bond donors (Lipinski definition) is 0. The monoisotopic (exact) mass is 224 g/mol. The Morgan fingerprint density at radius 2 is 1.44 bits per heavy atom. The molecule has 0 saturated carbocycles. The normalized spacial score (nSPS) is 8.69. The van der Waals surface area contributed by atoms with Crippen molar-refractivity contribution in [2.45, 2.75) is 48.1 Å². The molecular formula is C15H28O. The quantitative estimate of drug-likeness (QED) is 0.708. The number of hydrogen-bond acceptors (Lipinski definition) is 1. The van der Waals surface area contributed by atoms with Gasteiger partial charge in [0.15, 0.2) is 0 Å². The average molecular weight is 224 g/mol. The number of rotatable bonds is 3. The molecule has 0 radical (unpaired) electrons. The smallest absolute Gasteiger partial charge is 0.0716 e. The highest BCUT2D eigenvalue weighted by atomic mass is 16.5. The molecule has 1 aromatic carbocycles. The summed E-state index contributed by atoms with van der Waals surface area (Å²) < 4.78 is 5.22. The first-order valence-electron chi connectivity index (χ1n) is 6.28. The van der Waals surface area contributed by atoms with Gasteiger partial charge in [-0.1, -0.05) is 65.0 Å². The van der Waals surface area contributed by atoms with Crippen molar-refractivity contribution in [3.63, 3.8) is 0 Å². The van der Waals surface area contributed by atoms with Gasteiger partial charge in [-0.15, -0.1) is 0 Å². The van der Waals surface area contributed by atoms with Crippen molar-refractivity contribution in [2.24, 2.45) is 5.92 Å². The molecule has 0 amide bonds. The summed E-state index contributed by atoms with van der Waals surface area (Å²) in [5, 5.41) is 0. The molecule has 0 heterocycles. The number of benzene rings is 1. The lowest BCUT2D eigenvalue weighted by atomic mass is 10.2. The molecule has 0 atom stereocenters. The molecule has 0 aliphatic rings. The molecule has 0 aliphatic carbocycles. The van der Waals surface area contributed by atoms with E-state index in [1.54, 1.807) is 0 Å². The SMILES string of the molecule is CC.CC(C)C.CCOCc1ccccc1. The van der Waals surface area contributed by atoms with Gasteiger partial charge in [0.05, 0.1) is 6.61 Å². The average Bonchev–Trinajstić information content (AvgIpc) is 2.30. The molecule has 1 aromatic rings. The van der Waals surface area contributed by atoms with Crippen molar-refractivity contribution in [3.8, 4) is 0 Å². The van der Waals surface area contributed by atoms with Gasteiger partial charge >= 0.3 is 0 Å². The molecule has 1 rings (SSSR count). The summed E-state index contributed by atoms with van der Waals surface area (Å²) >= 11 is 0. The van der Waals surface area contributed by atoms with Crippen LogP contribution in [0.1, 0.15) is 47.1 Å². The van der Waals surface area contributed by atoms with E-state index in [4.69, 9.17) is 4.74 Å². The maximum atomic E-state index is 5.22. The van der Waals surface area contributed by atoms with Crippen LogP contribution < -0.4 is 0 Å². The van der Waals surface area contributed by atoms with Gasteiger partial charge in [0.25, 0.3) is 0 Å². The lowest BCUT2D eigenvalue weighted by molar-refractivity contribution is 0.134. The maximum absolute atomic E-state index is 5.22. The Hall–Kier alpha value is -0.820. The first-order valence-corrected chi connectivity index (χ1v) is 6.28. The molecule has 0 N–H and O–H groups in total. The van der Waals surface area contributed by atoms with Crippen molar-refractivity contribution in [2.75, 3.05) is 6.61 Å². The topological polar surface area (TPSA) is 9.23 Å². The van der Waals surface area contributed by atoms with Crippen LogP contribution in [-0.2, 0) is 11.3 Å². The molecule has 1 heteroatoms. The Balaban J connectivity index is 0. The third-order valence-corrected chi connectivity index (χ3v) is 1.32. The standard InChI is InChI=1S/C9H12O.C4H10.C2H6/c1-2-10-8-9-6-4-3-5-7-9;1-4(2)3;1-2/h3-7H,2,8H2,1H3;4H,1-3H3;1-2H3. The van der Waals surface area contributed by atoms with Gasteiger partial charge in [-0.2, -0.15) is 0 Å². The lowest BCUT2D eigenvalue weighted by Crippen LogP contribution is -1.90. The third-order valence-electron chi connectivity index (χ3n) is 1.32. The van der Waals surface area contributed by atoms with Gasteiger partial charge in [0.2, 0.25) is 0 Å². The molecule has 0 spiro atoms. The highest BCUT2D eigenvalue weighted by Crippen LogP contribution is 1.99. The van der Waals surface area contributed by atoms with Gasteiger partial charge in [0.1, 0.15) is 0 Å². The predicted octanol–water partition coefficient (Wildman–Crippen LogP) is 4.91. The first-order chi connectivity index (χ1) is 7.66. The van der Waals surface area contributed by atoms with E-state index in [1.165, 1.54) is 5.56 Å². The molecule has 1 nitrogen and oxygen atoms in total. The van der Waals surface area contributed by atoms with Crippen LogP contribution in [0, 0.1) is 5.92 Å². The first kappa shape index (κ1) is 17.6. The third kappa shape index (κ3) is 15.6. The zero-order valence-electron chi connectivity index (χ0n) is 11.8. The van der Waals surface area contributed by atoms with Crippen LogP contribution in [0.3, 0.4) is 0 Å². The summed E-state index contributed by atoms with van der Waals surface area (Å²) in [7, 11) is 0. The molecular weight excluding hydrogens is 196 g/mol. The second-order valence-electron chi connectivity index (χ2n) is 3.85. The predicted molar refractivity (Wildman–Crippen MR) is 73.6 cm³/mol. The van der Waals surface area contributed by atoms with E-state index >= 15 is 0 Å². The van der Waals surface area contributed by atoms with Crippen LogP contribution in [0.2, 0.25) is 0 Å². The Labute approximate surface area is 102 Å². The molecule has 16 heavy (non-hydrogen) atoms. The Morgan fingerprint density at radius 3 is 1.81 bits per heavy atom. The fourth-order valence-electron chi connectivity index (χ4n) is 0.794. The highest BCUT2D eigenvalue weighted by Gasteiger charge is 1.86. The molecule has 0 aromatic heterocycles. The fourth-order valence-corrected chi connectivity index (χ4v) is 0.794. The van der Waals surface area contributed by atoms with Crippen LogP contribution in [0.5, 0.6) is 0 Å². The van der Waals surface area contributed by atoms with E-state index in [2.05, 4.69) is 32.9 Å². The van der Waals surface area contributed by atoms with Crippen LogP contribution in [0.4, 0.5) is 0 Å². The van der Waals surface area contributed by atoms with Crippen molar-refractivity contribution < 1.29 is 4.74 Å². The number of ether oxygens (including phenoxy) is 1. The Bertz CT molecular complexity index is 201. The summed E-state index contributed by atoms with van der Waals surface area (Å²) in [6.07, 6.45) is 0. The lowest BCUT2D eigenvalue weighted by Gasteiger charge is -1.98. The van der Waals surface area contributed by atoms with Crippen molar-refractivity contribution in [3.05, 3.63) is 35.9 Å². The highest BCUT2D eigenvalue weighted by molar-refractivity contribution is 5.13. The van der Waals surface area contributed by atoms with Crippen LogP contribution in [0.25, 0.3) is 0 Å². The van der Waals surface area contributed by atoms with Crippen LogP contribution in [-0.4, -0.2) is 6.61 Å². The zero-order chi connectivity index (χ0) is 12.8. The summed E-state index contributed by atoms with van der Waals surface area (Å²) in [5.74, 6) is 0.833. The van der Waals surface area contributed by atoms with Gasteiger partial charge in [-0.3, -0.25) is 0 Å². The van der Waals surface area contributed by atoms with Gasteiger partial charge in [-0.05, 0) is 18.4 Å². The van der Waals surface area contributed by atoms with E-state index < -0.39 is 0 Å². The second-order valence-corrected chi connectivity index (χ2v) is 3.85. The minimum Gasteiger partial charge on any atom is -0.377 e. The van der Waals surface area contributed by atoms with Crippen LogP contribution in [0.15, 0.2) is 30.3 Å². The van der Waals surface area contributed by atoms with Crippen molar-refractivity contribution >= 4 is 0 Å². The minimum atomic E-state index is 0.733. The van der Waals surface area contributed by atoms with E-state index in [-0.39, 0.29) is 0 Å². The van der Waals surface area contributed by atoms with E-state index in [0.717, 1.165) is 19.1 Å². The molecule has 0 fully saturated rings. The molecule has 0 aliphatic heterocycles. The van der Waals surface area contributed by atoms with Gasteiger partial charge < -0.3 is 4.74 Å². The Kier molecular flexibility index (Phi) is 15.6. The van der Waals surface area contributed by atoms with Crippen molar-refractivity contribution in [1.82, 2.24) is 0 Å². The molecule has 0 bridgehead atoms. The Morgan fingerprint density at radius 1 is 1.00 bits per heavy atom. The second kappa shape index (κ2) is 14.2. The van der Waals surface area contributed by atoms with Crippen LogP contribution >= 0.6 is 0 Å². The zero-order valence-corrected chi connectivity index (χ0v) is 11.8. The molecule has 94 valence electrons. The van der Waals surface area contributed by atoms with E-state index in [9.17, 15) is 0 Å². The minimum absolute atomic E-state index is 0.733. The maximum Gasteiger partial charge on any atom is 0.0716 e. The van der Waals surface area contributed by atoms with Crippen molar-refractivity contribution in [1.29, 1.82) is 0 Å². The van der Waals surface area contributed by atoms with E-state index in [0.29, 0.717) is 0 Å². The summed E-state index contributed by atoms with van der Waals surface area (Å²) in [4.78, 5) is 0. The molecule has 0 unspecified atom stereocenters. The molecule has 0 saturated heterocycles. The van der Waals surface area contributed by atoms with Gasteiger partial charge in [0, 0.05) is 6.61 Å². The summed E-state index contributed by atoms with van der Waals surface area (Å²) in [6.45, 7) is 14.0. The summed E-state index contributed by atoms with van der Waals surface area (Å²) in [6, 6.07) is 10.2. The summed E-state index contributed by atoms with van der Waals surface area (Å²) in [5.41, 5.74) is 1.24. The van der Waals surface area contributed by atoms with E-state index in [1.807, 2.05) is 39.0 Å².